The number of methoxy groups -OCH3 is 1. The SMILES string of the molecule is COc1cccc(CNc2ccc(N(CC(=O)O)c3ccccc3)cc2)c1. The Labute approximate surface area is 158 Å². The van der Waals surface area contributed by atoms with Crippen molar-refractivity contribution < 1.29 is 14.6 Å². The normalized spacial score (nSPS) is 10.3. The zero-order chi connectivity index (χ0) is 19.1. The first kappa shape index (κ1) is 18.3. The second-order valence-corrected chi connectivity index (χ2v) is 6.07. The third kappa shape index (κ3) is 5.01. The maximum Gasteiger partial charge on any atom is 0.323 e. The molecule has 0 aliphatic rings. The summed E-state index contributed by atoms with van der Waals surface area (Å²) in [6.07, 6.45) is 0. The van der Waals surface area contributed by atoms with Crippen molar-refractivity contribution in [3.05, 3.63) is 84.4 Å². The third-order valence-electron chi connectivity index (χ3n) is 4.17. The van der Waals surface area contributed by atoms with Crippen LogP contribution in [0.15, 0.2) is 78.9 Å². The van der Waals surface area contributed by atoms with Gasteiger partial charge in [-0.05, 0) is 54.1 Å². The average Bonchev–Trinajstić information content (AvgIpc) is 2.71. The highest BCUT2D eigenvalue weighted by atomic mass is 16.5. The van der Waals surface area contributed by atoms with Gasteiger partial charge < -0.3 is 20.1 Å². The van der Waals surface area contributed by atoms with Crippen molar-refractivity contribution in [1.29, 1.82) is 0 Å². The molecular formula is C22H22N2O3. The van der Waals surface area contributed by atoms with Crippen LogP contribution in [0.5, 0.6) is 5.75 Å². The fourth-order valence-corrected chi connectivity index (χ4v) is 2.82. The average molecular weight is 362 g/mol. The molecule has 3 aromatic rings. The first-order valence-electron chi connectivity index (χ1n) is 8.67. The maximum absolute atomic E-state index is 11.3. The fraction of sp³-hybridized carbons (Fsp3) is 0.136. The number of carboxylic acids is 1. The zero-order valence-electron chi connectivity index (χ0n) is 15.1. The summed E-state index contributed by atoms with van der Waals surface area (Å²) in [5.41, 5.74) is 3.76. The van der Waals surface area contributed by atoms with Crippen LogP contribution in [0.2, 0.25) is 0 Å². The fourth-order valence-electron chi connectivity index (χ4n) is 2.82. The van der Waals surface area contributed by atoms with E-state index < -0.39 is 5.97 Å². The van der Waals surface area contributed by atoms with E-state index in [1.165, 1.54) is 0 Å². The van der Waals surface area contributed by atoms with Crippen LogP contribution in [0.4, 0.5) is 17.1 Å². The summed E-state index contributed by atoms with van der Waals surface area (Å²) >= 11 is 0. The summed E-state index contributed by atoms with van der Waals surface area (Å²) in [6, 6.07) is 25.2. The van der Waals surface area contributed by atoms with Gasteiger partial charge in [0, 0.05) is 23.6 Å². The molecule has 27 heavy (non-hydrogen) atoms. The molecule has 0 heterocycles. The number of hydrogen-bond donors (Lipinski definition) is 2. The summed E-state index contributed by atoms with van der Waals surface area (Å²) in [5.74, 6) is -0.0455. The molecule has 0 amide bonds. The zero-order valence-corrected chi connectivity index (χ0v) is 15.1. The van der Waals surface area contributed by atoms with Gasteiger partial charge in [-0.15, -0.1) is 0 Å². The molecule has 2 N–H and O–H groups in total. The number of hydrogen-bond acceptors (Lipinski definition) is 4. The molecule has 0 aromatic heterocycles. The van der Waals surface area contributed by atoms with E-state index >= 15 is 0 Å². The van der Waals surface area contributed by atoms with E-state index in [0.717, 1.165) is 28.4 Å². The summed E-state index contributed by atoms with van der Waals surface area (Å²) in [5, 5.41) is 12.6. The minimum absolute atomic E-state index is 0.0966. The highest BCUT2D eigenvalue weighted by Crippen LogP contribution is 2.26. The van der Waals surface area contributed by atoms with Crippen LogP contribution in [0.3, 0.4) is 0 Å². The largest absolute Gasteiger partial charge is 0.497 e. The molecule has 0 aliphatic carbocycles. The lowest BCUT2D eigenvalue weighted by molar-refractivity contribution is -0.135. The maximum atomic E-state index is 11.3. The van der Waals surface area contributed by atoms with E-state index in [9.17, 15) is 9.90 Å². The van der Waals surface area contributed by atoms with Gasteiger partial charge in [0.05, 0.1) is 7.11 Å². The number of aliphatic carboxylic acids is 1. The smallest absolute Gasteiger partial charge is 0.323 e. The topological polar surface area (TPSA) is 61.8 Å². The minimum Gasteiger partial charge on any atom is -0.497 e. The molecule has 0 saturated carbocycles. The highest BCUT2D eigenvalue weighted by Gasteiger charge is 2.12. The van der Waals surface area contributed by atoms with E-state index in [-0.39, 0.29) is 6.54 Å². The molecule has 0 unspecified atom stereocenters. The molecule has 0 radical (unpaired) electrons. The summed E-state index contributed by atoms with van der Waals surface area (Å²) in [7, 11) is 1.65. The Hall–Kier alpha value is -3.47. The lowest BCUT2D eigenvalue weighted by Gasteiger charge is -2.23. The van der Waals surface area contributed by atoms with Crippen LogP contribution >= 0.6 is 0 Å². The van der Waals surface area contributed by atoms with Crippen molar-refractivity contribution in [2.75, 3.05) is 23.9 Å². The van der Waals surface area contributed by atoms with Crippen molar-refractivity contribution in [2.24, 2.45) is 0 Å². The molecule has 3 rings (SSSR count). The van der Waals surface area contributed by atoms with Crippen LogP contribution in [0.1, 0.15) is 5.56 Å². The van der Waals surface area contributed by atoms with Crippen molar-refractivity contribution in [1.82, 2.24) is 0 Å². The molecular weight excluding hydrogens is 340 g/mol. The third-order valence-corrected chi connectivity index (χ3v) is 4.17. The standard InChI is InChI=1S/C22H22N2O3/c1-27-21-9-5-6-17(14-21)15-23-18-10-12-20(13-11-18)24(16-22(25)26)19-7-3-2-4-8-19/h2-14,23H,15-16H2,1H3,(H,25,26). The van der Waals surface area contributed by atoms with Crippen LogP contribution in [-0.2, 0) is 11.3 Å². The van der Waals surface area contributed by atoms with E-state index in [4.69, 9.17) is 4.74 Å². The van der Waals surface area contributed by atoms with Gasteiger partial charge in [0.25, 0.3) is 0 Å². The Morgan fingerprint density at radius 3 is 2.33 bits per heavy atom. The Kier molecular flexibility index (Phi) is 5.94. The molecule has 3 aromatic carbocycles. The quantitative estimate of drug-likeness (QED) is 0.616. The number of carboxylic acid groups (broad SMARTS) is 1. The predicted octanol–water partition coefficient (Wildman–Crippen LogP) is 4.53. The van der Waals surface area contributed by atoms with Gasteiger partial charge >= 0.3 is 5.97 Å². The summed E-state index contributed by atoms with van der Waals surface area (Å²) in [4.78, 5) is 13.0. The van der Waals surface area contributed by atoms with Gasteiger partial charge in [0.2, 0.25) is 0 Å². The molecule has 138 valence electrons. The van der Waals surface area contributed by atoms with Crippen LogP contribution in [-0.4, -0.2) is 24.7 Å². The van der Waals surface area contributed by atoms with Crippen molar-refractivity contribution >= 4 is 23.0 Å². The number of carbonyl (C=O) groups is 1. The first-order valence-corrected chi connectivity index (χ1v) is 8.67. The van der Waals surface area contributed by atoms with E-state index in [1.54, 1.807) is 12.0 Å². The van der Waals surface area contributed by atoms with Gasteiger partial charge in [-0.3, -0.25) is 4.79 Å². The van der Waals surface area contributed by atoms with Crippen LogP contribution < -0.4 is 15.0 Å². The van der Waals surface area contributed by atoms with Gasteiger partial charge in [-0.1, -0.05) is 30.3 Å². The molecule has 5 heteroatoms. The van der Waals surface area contributed by atoms with Gasteiger partial charge in [0.15, 0.2) is 0 Å². The highest BCUT2D eigenvalue weighted by molar-refractivity contribution is 5.79. The van der Waals surface area contributed by atoms with Crippen LogP contribution in [0, 0.1) is 0 Å². The van der Waals surface area contributed by atoms with Gasteiger partial charge in [0.1, 0.15) is 12.3 Å². The molecule has 0 bridgehead atoms. The molecule has 0 atom stereocenters. The Bertz CT molecular complexity index is 880. The Morgan fingerprint density at radius 2 is 1.67 bits per heavy atom. The summed E-state index contributed by atoms with van der Waals surface area (Å²) in [6.45, 7) is 0.578. The lowest BCUT2D eigenvalue weighted by Crippen LogP contribution is -2.24. The summed E-state index contributed by atoms with van der Waals surface area (Å²) < 4.78 is 5.24. The monoisotopic (exact) mass is 362 g/mol. The van der Waals surface area contributed by atoms with Crippen LogP contribution in [0.25, 0.3) is 0 Å². The number of nitrogens with zero attached hydrogens (tertiary/aromatic N) is 1. The van der Waals surface area contributed by atoms with Crippen molar-refractivity contribution in [2.45, 2.75) is 6.54 Å². The predicted molar refractivity (Wildman–Crippen MR) is 108 cm³/mol. The number of benzene rings is 3. The second-order valence-electron chi connectivity index (χ2n) is 6.07. The number of nitrogens with one attached hydrogen (secondary N) is 1. The second kappa shape index (κ2) is 8.76. The van der Waals surface area contributed by atoms with Gasteiger partial charge in [-0.2, -0.15) is 0 Å². The van der Waals surface area contributed by atoms with Crippen molar-refractivity contribution in [3.8, 4) is 5.75 Å². The lowest BCUT2D eigenvalue weighted by atomic mass is 10.2. The first-order chi connectivity index (χ1) is 13.2. The molecule has 0 aliphatic heterocycles. The Morgan fingerprint density at radius 1 is 0.963 bits per heavy atom. The minimum atomic E-state index is -0.876. The van der Waals surface area contributed by atoms with E-state index in [0.29, 0.717) is 6.54 Å². The number of para-hydroxylation sites is 1. The van der Waals surface area contributed by atoms with E-state index in [2.05, 4.69) is 5.32 Å². The molecule has 0 saturated heterocycles. The number of rotatable bonds is 8. The molecule has 0 fully saturated rings. The van der Waals surface area contributed by atoms with Gasteiger partial charge in [-0.25, -0.2) is 0 Å². The van der Waals surface area contributed by atoms with E-state index in [1.807, 2.05) is 78.9 Å². The number of ether oxygens (including phenoxy) is 1. The number of anilines is 3. The Balaban J connectivity index is 1.71. The van der Waals surface area contributed by atoms with Crippen molar-refractivity contribution in [3.63, 3.8) is 0 Å². The molecule has 5 nitrogen and oxygen atoms in total. The molecule has 0 spiro atoms.